The van der Waals surface area contributed by atoms with Crippen LogP contribution in [0.3, 0.4) is 0 Å². The summed E-state index contributed by atoms with van der Waals surface area (Å²) in [6, 6.07) is 12.0. The lowest BCUT2D eigenvalue weighted by atomic mass is 10.1. The Morgan fingerprint density at radius 2 is 1.93 bits per heavy atom. The zero-order valence-electron chi connectivity index (χ0n) is 17.2. The van der Waals surface area contributed by atoms with Crippen LogP contribution in [0.5, 0.6) is 11.5 Å². The number of carbonyl (C=O) groups is 2. The molecule has 7 heteroatoms. The minimum Gasteiger partial charge on any atom is -0.497 e. The summed E-state index contributed by atoms with van der Waals surface area (Å²) in [4.78, 5) is 26.8. The van der Waals surface area contributed by atoms with E-state index in [0.717, 1.165) is 11.1 Å². The maximum Gasteiger partial charge on any atom is 0.261 e. The van der Waals surface area contributed by atoms with Crippen LogP contribution in [0.25, 0.3) is 0 Å². The summed E-state index contributed by atoms with van der Waals surface area (Å²) in [7, 11) is 1.58. The second-order valence-corrected chi connectivity index (χ2v) is 7.05. The number of aryl methyl sites for hydroxylation is 1. The van der Waals surface area contributed by atoms with Gasteiger partial charge in [-0.05, 0) is 62.2 Å². The Bertz CT molecular complexity index is 856. The van der Waals surface area contributed by atoms with Gasteiger partial charge >= 0.3 is 0 Å². The van der Waals surface area contributed by atoms with Crippen LogP contribution < -0.4 is 14.8 Å². The molecule has 0 saturated heterocycles. The van der Waals surface area contributed by atoms with Gasteiger partial charge in [0.1, 0.15) is 17.5 Å². The molecule has 0 aliphatic carbocycles. The monoisotopic (exact) mass is 418 g/mol. The molecule has 156 valence electrons. The number of rotatable bonds is 9. The summed E-state index contributed by atoms with van der Waals surface area (Å²) < 4.78 is 10.9. The maximum absolute atomic E-state index is 12.9. The zero-order valence-corrected chi connectivity index (χ0v) is 18.0. The Labute approximate surface area is 176 Å². The first-order chi connectivity index (χ1) is 13.8. The number of hydrogen-bond acceptors (Lipinski definition) is 4. The normalized spacial score (nSPS) is 11.5. The van der Waals surface area contributed by atoms with Gasteiger partial charge in [0.15, 0.2) is 6.61 Å². The number of methoxy groups -OCH3 is 1. The summed E-state index contributed by atoms with van der Waals surface area (Å²) in [6.45, 7) is 5.97. The Kier molecular flexibility index (Phi) is 8.34. The van der Waals surface area contributed by atoms with Gasteiger partial charge in [0, 0.05) is 18.1 Å². The van der Waals surface area contributed by atoms with Gasteiger partial charge in [-0.3, -0.25) is 9.59 Å². The molecule has 0 bridgehead atoms. The van der Waals surface area contributed by atoms with Crippen LogP contribution in [0.1, 0.15) is 25.0 Å². The third-order valence-electron chi connectivity index (χ3n) is 4.50. The van der Waals surface area contributed by atoms with Gasteiger partial charge in [-0.1, -0.05) is 23.7 Å². The second kappa shape index (κ2) is 10.7. The smallest absolute Gasteiger partial charge is 0.261 e. The lowest BCUT2D eigenvalue weighted by Crippen LogP contribution is -2.49. The zero-order chi connectivity index (χ0) is 21.4. The van der Waals surface area contributed by atoms with Gasteiger partial charge in [0.05, 0.1) is 7.11 Å². The molecule has 0 heterocycles. The Morgan fingerprint density at radius 1 is 1.17 bits per heavy atom. The van der Waals surface area contributed by atoms with Crippen molar-refractivity contribution in [2.75, 3.05) is 20.3 Å². The fourth-order valence-corrected chi connectivity index (χ4v) is 2.92. The van der Waals surface area contributed by atoms with E-state index >= 15 is 0 Å². The average molecular weight is 419 g/mol. The van der Waals surface area contributed by atoms with Crippen LogP contribution in [0.15, 0.2) is 42.5 Å². The molecule has 0 fully saturated rings. The number of benzene rings is 2. The Morgan fingerprint density at radius 3 is 2.59 bits per heavy atom. The van der Waals surface area contributed by atoms with E-state index in [2.05, 4.69) is 5.32 Å². The van der Waals surface area contributed by atoms with Crippen molar-refractivity contribution in [1.82, 2.24) is 10.2 Å². The first-order valence-electron chi connectivity index (χ1n) is 9.44. The molecule has 1 atom stereocenters. The standard InChI is InChI=1S/C22H27ClN2O4/c1-5-24-22(27)16(3)25(13-17-7-6-8-18(12-17)28-4)21(26)14-29-19-9-10-20(23)15(2)11-19/h6-12,16H,5,13-14H2,1-4H3,(H,24,27)/t16-/m0/s1. The summed E-state index contributed by atoms with van der Waals surface area (Å²) in [5.41, 5.74) is 1.72. The molecule has 2 aromatic carbocycles. The number of halogens is 1. The summed E-state index contributed by atoms with van der Waals surface area (Å²) >= 11 is 6.03. The number of likely N-dealkylation sites (N-methyl/N-ethyl adjacent to an activating group) is 1. The topological polar surface area (TPSA) is 67.9 Å². The van der Waals surface area contributed by atoms with Gasteiger partial charge in [-0.2, -0.15) is 0 Å². The van der Waals surface area contributed by atoms with Gasteiger partial charge < -0.3 is 19.7 Å². The molecular weight excluding hydrogens is 392 g/mol. The van der Waals surface area contributed by atoms with Crippen LogP contribution >= 0.6 is 11.6 Å². The average Bonchev–Trinajstić information content (AvgIpc) is 2.72. The molecule has 0 radical (unpaired) electrons. The molecule has 0 saturated carbocycles. The first kappa shape index (κ1) is 22.6. The number of carbonyl (C=O) groups excluding carboxylic acids is 2. The molecule has 2 amide bonds. The number of amides is 2. The minimum atomic E-state index is -0.649. The van der Waals surface area contributed by atoms with E-state index < -0.39 is 6.04 Å². The molecule has 0 spiro atoms. The third kappa shape index (κ3) is 6.39. The lowest BCUT2D eigenvalue weighted by molar-refractivity contribution is -0.142. The van der Waals surface area contributed by atoms with Crippen molar-refractivity contribution in [1.29, 1.82) is 0 Å². The van der Waals surface area contributed by atoms with E-state index in [1.54, 1.807) is 32.2 Å². The molecule has 6 nitrogen and oxygen atoms in total. The van der Waals surface area contributed by atoms with Gasteiger partial charge in [0.2, 0.25) is 5.91 Å². The van der Waals surface area contributed by atoms with Crippen LogP contribution in [-0.4, -0.2) is 43.0 Å². The van der Waals surface area contributed by atoms with Crippen LogP contribution in [0.2, 0.25) is 5.02 Å². The van der Waals surface area contributed by atoms with E-state index in [4.69, 9.17) is 21.1 Å². The van der Waals surface area contributed by atoms with Crippen molar-refractivity contribution in [2.45, 2.75) is 33.4 Å². The molecule has 29 heavy (non-hydrogen) atoms. The van der Waals surface area contributed by atoms with E-state index in [1.165, 1.54) is 4.90 Å². The highest BCUT2D eigenvalue weighted by atomic mass is 35.5. The predicted octanol–water partition coefficient (Wildman–Crippen LogP) is 3.59. The predicted molar refractivity (Wildman–Crippen MR) is 113 cm³/mol. The van der Waals surface area contributed by atoms with Crippen molar-refractivity contribution in [3.8, 4) is 11.5 Å². The fourth-order valence-electron chi connectivity index (χ4n) is 2.81. The quantitative estimate of drug-likeness (QED) is 0.675. The number of ether oxygens (including phenoxy) is 2. The second-order valence-electron chi connectivity index (χ2n) is 6.64. The van der Waals surface area contributed by atoms with E-state index in [9.17, 15) is 9.59 Å². The SMILES string of the molecule is CCNC(=O)[C@H](C)N(Cc1cccc(OC)c1)C(=O)COc1ccc(Cl)c(C)c1. The molecule has 1 N–H and O–H groups in total. The lowest BCUT2D eigenvalue weighted by Gasteiger charge is -2.28. The molecular formula is C22H27ClN2O4. The minimum absolute atomic E-state index is 0.186. The summed E-state index contributed by atoms with van der Waals surface area (Å²) in [5.74, 6) is 0.728. The maximum atomic E-state index is 12.9. The van der Waals surface area contributed by atoms with Crippen molar-refractivity contribution in [2.24, 2.45) is 0 Å². The number of hydrogen-bond donors (Lipinski definition) is 1. The van der Waals surface area contributed by atoms with Gasteiger partial charge in [-0.15, -0.1) is 0 Å². The first-order valence-corrected chi connectivity index (χ1v) is 9.82. The molecule has 2 rings (SSSR count). The van der Waals surface area contributed by atoms with Crippen molar-refractivity contribution in [3.05, 3.63) is 58.6 Å². The largest absolute Gasteiger partial charge is 0.497 e. The van der Waals surface area contributed by atoms with E-state index in [1.807, 2.05) is 38.1 Å². The van der Waals surface area contributed by atoms with Crippen LogP contribution in [0, 0.1) is 6.92 Å². The Balaban J connectivity index is 2.16. The van der Waals surface area contributed by atoms with Gasteiger partial charge in [0.25, 0.3) is 5.91 Å². The van der Waals surface area contributed by atoms with E-state index in [-0.39, 0.29) is 25.0 Å². The Hall–Kier alpha value is -2.73. The summed E-state index contributed by atoms with van der Waals surface area (Å²) in [6.07, 6.45) is 0. The third-order valence-corrected chi connectivity index (χ3v) is 4.92. The fraction of sp³-hybridized carbons (Fsp3) is 0.364. The number of nitrogens with zero attached hydrogens (tertiary/aromatic N) is 1. The molecule has 0 aliphatic heterocycles. The van der Waals surface area contributed by atoms with Crippen molar-refractivity contribution in [3.63, 3.8) is 0 Å². The highest BCUT2D eigenvalue weighted by Crippen LogP contribution is 2.21. The summed E-state index contributed by atoms with van der Waals surface area (Å²) in [5, 5.41) is 3.40. The van der Waals surface area contributed by atoms with Gasteiger partial charge in [-0.25, -0.2) is 0 Å². The van der Waals surface area contributed by atoms with Crippen LogP contribution in [0.4, 0.5) is 0 Å². The highest BCUT2D eigenvalue weighted by Gasteiger charge is 2.26. The van der Waals surface area contributed by atoms with E-state index in [0.29, 0.717) is 23.1 Å². The number of nitrogens with one attached hydrogen (secondary N) is 1. The van der Waals surface area contributed by atoms with Crippen molar-refractivity contribution < 1.29 is 19.1 Å². The molecule has 0 unspecified atom stereocenters. The highest BCUT2D eigenvalue weighted by molar-refractivity contribution is 6.31. The molecule has 0 aromatic heterocycles. The van der Waals surface area contributed by atoms with Crippen molar-refractivity contribution >= 4 is 23.4 Å². The molecule has 0 aliphatic rings. The van der Waals surface area contributed by atoms with Crippen LogP contribution in [-0.2, 0) is 16.1 Å². The molecule has 2 aromatic rings.